The molecule has 1 aromatic carbocycles. The lowest BCUT2D eigenvalue weighted by Crippen LogP contribution is -2.02. The van der Waals surface area contributed by atoms with Crippen LogP contribution in [-0.4, -0.2) is 20.5 Å². The number of nitrogens with zero attached hydrogens (tertiary/aromatic N) is 2. The fraction of sp³-hybridized carbons (Fsp3) is 0. The number of aromatic amines is 1. The van der Waals surface area contributed by atoms with Gasteiger partial charge in [0.05, 0.1) is 0 Å². The third kappa shape index (κ3) is 0.954. The van der Waals surface area contributed by atoms with Gasteiger partial charge in [-0.3, -0.25) is 4.79 Å². The Kier molecular flexibility index (Phi) is 1.37. The second-order valence-electron chi connectivity index (χ2n) is 3.06. The van der Waals surface area contributed by atoms with Gasteiger partial charge in [0.2, 0.25) is 5.43 Å². The maximum absolute atomic E-state index is 11.8. The molecule has 0 saturated carbocycles. The van der Waals surface area contributed by atoms with E-state index in [1.54, 1.807) is 12.1 Å². The molecule has 0 unspecified atom stereocenters. The fourth-order valence-corrected chi connectivity index (χ4v) is 1.50. The predicted molar refractivity (Wildman–Crippen MR) is 51.6 cm³/mol. The molecule has 2 aromatic heterocycles. The van der Waals surface area contributed by atoms with E-state index in [-0.39, 0.29) is 22.4 Å². The zero-order valence-electron chi connectivity index (χ0n) is 7.39. The zero-order chi connectivity index (χ0) is 10.4. The normalized spacial score (nSPS) is 11.2. The highest BCUT2D eigenvalue weighted by Gasteiger charge is 2.13. The number of hydrogen-bond donors (Lipinski definition) is 2. The quantitative estimate of drug-likeness (QED) is 0.563. The summed E-state index contributed by atoms with van der Waals surface area (Å²) in [6.45, 7) is 0. The number of phenols is 1. The Labute approximate surface area is 82.1 Å². The van der Waals surface area contributed by atoms with Crippen LogP contribution in [-0.2, 0) is 0 Å². The SMILES string of the molecule is O=c1c2n[nH]nc2oc2cccc(O)c12. The van der Waals surface area contributed by atoms with Crippen molar-refractivity contribution in [3.63, 3.8) is 0 Å². The molecule has 6 heteroatoms. The Bertz CT molecular complexity index is 713. The van der Waals surface area contributed by atoms with Gasteiger partial charge < -0.3 is 9.52 Å². The molecule has 0 bridgehead atoms. The van der Waals surface area contributed by atoms with Crippen LogP contribution in [0.3, 0.4) is 0 Å². The van der Waals surface area contributed by atoms with Crippen molar-refractivity contribution >= 4 is 22.2 Å². The van der Waals surface area contributed by atoms with E-state index in [2.05, 4.69) is 15.4 Å². The van der Waals surface area contributed by atoms with E-state index < -0.39 is 5.43 Å². The number of aromatic nitrogens is 3. The summed E-state index contributed by atoms with van der Waals surface area (Å²) in [4.78, 5) is 11.8. The molecule has 15 heavy (non-hydrogen) atoms. The van der Waals surface area contributed by atoms with Gasteiger partial charge in [0.25, 0.3) is 5.71 Å². The first kappa shape index (κ1) is 7.98. The van der Waals surface area contributed by atoms with Crippen molar-refractivity contribution in [3.05, 3.63) is 28.4 Å². The topological polar surface area (TPSA) is 92.0 Å². The largest absolute Gasteiger partial charge is 0.507 e. The first-order valence-corrected chi connectivity index (χ1v) is 4.22. The molecule has 0 aliphatic heterocycles. The van der Waals surface area contributed by atoms with Crippen LogP contribution in [0.4, 0.5) is 0 Å². The summed E-state index contributed by atoms with van der Waals surface area (Å²) >= 11 is 0. The second kappa shape index (κ2) is 2.57. The molecule has 0 spiro atoms. The fourth-order valence-electron chi connectivity index (χ4n) is 1.50. The number of rotatable bonds is 0. The number of aromatic hydroxyl groups is 1. The molecule has 0 aliphatic rings. The average Bonchev–Trinajstić information content (AvgIpc) is 2.66. The Morgan fingerprint density at radius 2 is 2.20 bits per heavy atom. The van der Waals surface area contributed by atoms with Crippen LogP contribution in [0.25, 0.3) is 22.2 Å². The van der Waals surface area contributed by atoms with Crippen molar-refractivity contribution in [2.75, 3.05) is 0 Å². The molecule has 6 nitrogen and oxygen atoms in total. The van der Waals surface area contributed by atoms with E-state index in [4.69, 9.17) is 4.42 Å². The summed E-state index contributed by atoms with van der Waals surface area (Å²) in [5.41, 5.74) is 0.126. The van der Waals surface area contributed by atoms with Crippen LogP contribution < -0.4 is 5.43 Å². The maximum Gasteiger partial charge on any atom is 0.270 e. The molecular weight excluding hydrogens is 198 g/mol. The molecule has 74 valence electrons. The van der Waals surface area contributed by atoms with Crippen molar-refractivity contribution in [2.45, 2.75) is 0 Å². The van der Waals surface area contributed by atoms with Crippen molar-refractivity contribution in [1.29, 1.82) is 0 Å². The van der Waals surface area contributed by atoms with Gasteiger partial charge in [-0.1, -0.05) is 6.07 Å². The molecular formula is C9H5N3O3. The van der Waals surface area contributed by atoms with Crippen LogP contribution in [0, 0.1) is 0 Å². The molecule has 0 radical (unpaired) electrons. The van der Waals surface area contributed by atoms with Crippen LogP contribution in [0.5, 0.6) is 5.75 Å². The van der Waals surface area contributed by atoms with Crippen molar-refractivity contribution in [3.8, 4) is 5.75 Å². The smallest absolute Gasteiger partial charge is 0.270 e. The van der Waals surface area contributed by atoms with Gasteiger partial charge in [0.15, 0.2) is 5.52 Å². The first-order valence-electron chi connectivity index (χ1n) is 4.22. The molecule has 3 aromatic rings. The zero-order valence-corrected chi connectivity index (χ0v) is 7.39. The van der Waals surface area contributed by atoms with Crippen molar-refractivity contribution < 1.29 is 9.52 Å². The predicted octanol–water partition coefficient (Wildman–Crippen LogP) is 0.770. The minimum atomic E-state index is -0.391. The Hall–Kier alpha value is -2.37. The van der Waals surface area contributed by atoms with Gasteiger partial charge >= 0.3 is 0 Å². The molecule has 0 aliphatic carbocycles. The first-order chi connectivity index (χ1) is 7.27. The van der Waals surface area contributed by atoms with Gasteiger partial charge in [-0.05, 0) is 12.1 Å². The van der Waals surface area contributed by atoms with E-state index in [1.165, 1.54) is 6.07 Å². The molecule has 2 heterocycles. The number of hydrogen-bond acceptors (Lipinski definition) is 5. The summed E-state index contributed by atoms with van der Waals surface area (Å²) in [5, 5.41) is 19.3. The lowest BCUT2D eigenvalue weighted by atomic mass is 10.2. The van der Waals surface area contributed by atoms with Crippen molar-refractivity contribution in [1.82, 2.24) is 15.4 Å². The van der Waals surface area contributed by atoms with Gasteiger partial charge in [0, 0.05) is 0 Å². The van der Waals surface area contributed by atoms with E-state index in [9.17, 15) is 9.90 Å². The molecule has 2 N–H and O–H groups in total. The second-order valence-corrected chi connectivity index (χ2v) is 3.06. The number of benzene rings is 1. The van der Waals surface area contributed by atoms with E-state index in [0.29, 0.717) is 5.58 Å². The lowest BCUT2D eigenvalue weighted by molar-refractivity contribution is 0.480. The third-order valence-electron chi connectivity index (χ3n) is 2.17. The lowest BCUT2D eigenvalue weighted by Gasteiger charge is -1.97. The van der Waals surface area contributed by atoms with Gasteiger partial charge in [0.1, 0.15) is 16.7 Å². The monoisotopic (exact) mass is 203 g/mol. The minimum absolute atomic E-state index is 0.0870. The van der Waals surface area contributed by atoms with E-state index >= 15 is 0 Å². The molecule has 0 saturated heterocycles. The number of phenolic OH excluding ortho intramolecular Hbond substituents is 1. The molecule has 0 amide bonds. The van der Waals surface area contributed by atoms with E-state index in [1.807, 2.05) is 0 Å². The van der Waals surface area contributed by atoms with Gasteiger partial charge in [-0.2, -0.15) is 5.21 Å². The standard InChI is InChI=1S/C9H5N3O3/c13-4-2-1-3-5-6(4)8(14)7-9(15-5)11-12-10-7/h1-3,13H,(H,10,11,12). The number of fused-ring (bicyclic) bond motifs is 2. The summed E-state index contributed by atoms with van der Waals surface area (Å²) in [6, 6.07) is 4.60. The highest BCUT2D eigenvalue weighted by Crippen LogP contribution is 2.22. The van der Waals surface area contributed by atoms with Crippen LogP contribution >= 0.6 is 0 Å². The summed E-state index contributed by atoms with van der Waals surface area (Å²) in [5.74, 6) is -0.119. The van der Waals surface area contributed by atoms with Gasteiger partial charge in [-0.25, -0.2) is 0 Å². The van der Waals surface area contributed by atoms with Crippen molar-refractivity contribution in [2.24, 2.45) is 0 Å². The Morgan fingerprint density at radius 1 is 1.33 bits per heavy atom. The summed E-state index contributed by atoms with van der Waals surface area (Å²) in [6.07, 6.45) is 0. The maximum atomic E-state index is 11.8. The Balaban J connectivity index is 2.71. The summed E-state index contributed by atoms with van der Waals surface area (Å²) < 4.78 is 5.28. The van der Waals surface area contributed by atoms with E-state index in [0.717, 1.165) is 0 Å². The number of H-pyrrole nitrogens is 1. The number of nitrogens with one attached hydrogen (secondary N) is 1. The summed E-state index contributed by atoms with van der Waals surface area (Å²) in [7, 11) is 0. The average molecular weight is 203 g/mol. The third-order valence-corrected chi connectivity index (χ3v) is 2.17. The molecule has 3 rings (SSSR count). The van der Waals surface area contributed by atoms with Gasteiger partial charge in [-0.15, -0.1) is 10.2 Å². The highest BCUT2D eigenvalue weighted by atomic mass is 16.3. The molecule has 0 atom stereocenters. The van der Waals surface area contributed by atoms with Crippen LogP contribution in [0.15, 0.2) is 27.4 Å². The van der Waals surface area contributed by atoms with Crippen LogP contribution in [0.1, 0.15) is 0 Å². The minimum Gasteiger partial charge on any atom is -0.507 e. The molecule has 0 fully saturated rings. The van der Waals surface area contributed by atoms with Crippen LogP contribution in [0.2, 0.25) is 0 Å². The highest BCUT2D eigenvalue weighted by molar-refractivity contribution is 5.89. The Morgan fingerprint density at radius 3 is 3.07 bits per heavy atom.